The van der Waals surface area contributed by atoms with Gasteiger partial charge in [0.1, 0.15) is 5.76 Å². The van der Waals surface area contributed by atoms with Crippen molar-refractivity contribution in [3.05, 3.63) is 75.8 Å². The van der Waals surface area contributed by atoms with E-state index in [4.69, 9.17) is 18.5 Å². The van der Waals surface area contributed by atoms with Crippen LogP contribution in [-0.2, 0) is 4.79 Å². The van der Waals surface area contributed by atoms with Crippen molar-refractivity contribution in [3.8, 4) is 0 Å². The molecule has 0 radical (unpaired) electrons. The average Bonchev–Trinajstić information content (AvgIpc) is 2.70. The van der Waals surface area contributed by atoms with Crippen molar-refractivity contribution < 1.29 is 21.5 Å². The highest BCUT2D eigenvalue weighted by Gasteiger charge is 2.38. The molecule has 4 rings (SSSR count). The van der Waals surface area contributed by atoms with E-state index in [-0.39, 0.29) is 24.0 Å². The van der Waals surface area contributed by atoms with Gasteiger partial charge in [-0.15, -0.1) is 0 Å². The van der Waals surface area contributed by atoms with Crippen LogP contribution in [0.15, 0.2) is 54.1 Å². The topological polar surface area (TPSA) is 54.4 Å². The van der Waals surface area contributed by atoms with Gasteiger partial charge in [-0.25, -0.2) is 0 Å². The minimum absolute atomic E-state index is 0.000139. The standard InChI is InChI=1S/C22H19ClO3/c23-16-11-9-14(10-12-16)13-5-7-15(8-6-13)19-20(24)17-3-1-2-4-18(17)21(25)22(19)26/h1-4,9-13,15,24H,5-8H2/i7D2,8D2,15D. The smallest absolute Gasteiger partial charge is 0.234 e. The lowest BCUT2D eigenvalue weighted by molar-refractivity contribution is -0.112. The average molecular weight is 372 g/mol. The summed E-state index contributed by atoms with van der Waals surface area (Å²) in [5.74, 6) is -6.31. The second-order valence-corrected chi connectivity index (χ2v) is 6.75. The van der Waals surface area contributed by atoms with Crippen LogP contribution in [0, 0.1) is 5.89 Å². The summed E-state index contributed by atoms with van der Waals surface area (Å²) in [4.78, 5) is 25.6. The highest BCUT2D eigenvalue weighted by molar-refractivity contribution is 6.52. The van der Waals surface area contributed by atoms with Crippen LogP contribution in [0.4, 0.5) is 0 Å². The second-order valence-electron chi connectivity index (χ2n) is 6.31. The molecule has 132 valence electrons. The van der Waals surface area contributed by atoms with Crippen molar-refractivity contribution in [3.63, 3.8) is 0 Å². The molecule has 0 aliphatic heterocycles. The van der Waals surface area contributed by atoms with Gasteiger partial charge in [0.15, 0.2) is 0 Å². The summed E-state index contributed by atoms with van der Waals surface area (Å²) in [5.41, 5.74) is -0.206. The van der Waals surface area contributed by atoms with Crippen LogP contribution in [0.2, 0.25) is 5.02 Å². The number of benzene rings is 2. The number of carbonyl (C=O) groups is 2. The van der Waals surface area contributed by atoms with Gasteiger partial charge in [-0.1, -0.05) is 48.0 Å². The molecule has 26 heavy (non-hydrogen) atoms. The van der Waals surface area contributed by atoms with Gasteiger partial charge in [-0.2, -0.15) is 0 Å². The van der Waals surface area contributed by atoms with E-state index in [2.05, 4.69) is 0 Å². The first-order valence-electron chi connectivity index (χ1n) is 10.8. The second kappa shape index (κ2) is 6.73. The molecule has 0 amide bonds. The van der Waals surface area contributed by atoms with Gasteiger partial charge in [0.05, 0.1) is 0 Å². The van der Waals surface area contributed by atoms with Crippen LogP contribution in [0.3, 0.4) is 0 Å². The molecule has 0 bridgehead atoms. The first kappa shape index (κ1) is 12.1. The molecule has 4 heteroatoms. The van der Waals surface area contributed by atoms with E-state index in [0.717, 1.165) is 0 Å². The Bertz CT molecular complexity index is 1110. The third-order valence-electron chi connectivity index (χ3n) is 4.74. The normalized spacial score (nSPS) is 32.7. The molecule has 0 spiro atoms. The highest BCUT2D eigenvalue weighted by atomic mass is 35.5. The zero-order valence-corrected chi connectivity index (χ0v) is 14.5. The molecule has 2 aromatic rings. The maximum atomic E-state index is 12.9. The summed E-state index contributed by atoms with van der Waals surface area (Å²) in [6.07, 6.45) is -5.66. The predicted molar refractivity (Wildman–Crippen MR) is 101 cm³/mol. The summed E-state index contributed by atoms with van der Waals surface area (Å²) in [6.45, 7) is 0. The predicted octanol–water partition coefficient (Wildman–Crippen LogP) is 5.35. The molecule has 0 aromatic heterocycles. The van der Waals surface area contributed by atoms with Gasteiger partial charge in [0.2, 0.25) is 11.6 Å². The SMILES string of the molecule is [2H]C1([2H])CC(c2ccc(Cl)cc2)CC([2H])([2H])C1([2H])C1=C(O)c2ccccc2C(=O)C1=O. The van der Waals surface area contributed by atoms with Gasteiger partial charge < -0.3 is 5.11 Å². The Balaban J connectivity index is 1.87. The van der Waals surface area contributed by atoms with Crippen LogP contribution in [0.1, 0.15) is 59.8 Å². The Morgan fingerprint density at radius 1 is 0.962 bits per heavy atom. The third-order valence-corrected chi connectivity index (χ3v) is 4.99. The van der Waals surface area contributed by atoms with Crippen LogP contribution < -0.4 is 0 Å². The lowest BCUT2D eigenvalue weighted by Gasteiger charge is -2.31. The van der Waals surface area contributed by atoms with Crippen molar-refractivity contribution in [2.24, 2.45) is 5.89 Å². The fourth-order valence-electron chi connectivity index (χ4n) is 3.33. The molecule has 2 aliphatic carbocycles. The molecule has 0 saturated heterocycles. The number of ketones is 2. The first-order chi connectivity index (χ1) is 14.4. The number of hydrogen-bond acceptors (Lipinski definition) is 3. The summed E-state index contributed by atoms with van der Waals surface area (Å²) in [5, 5.41) is 11.3. The molecule has 3 nitrogen and oxygen atoms in total. The van der Waals surface area contributed by atoms with Crippen molar-refractivity contribution >= 4 is 28.9 Å². The molecule has 2 aromatic carbocycles. The van der Waals surface area contributed by atoms with E-state index in [9.17, 15) is 14.7 Å². The van der Waals surface area contributed by atoms with Gasteiger partial charge in [-0.05, 0) is 55.1 Å². The fourth-order valence-corrected chi connectivity index (χ4v) is 3.46. The molecule has 0 heterocycles. The lowest BCUT2D eigenvalue weighted by Crippen LogP contribution is -2.29. The molecule has 1 fully saturated rings. The van der Waals surface area contributed by atoms with E-state index in [1.54, 1.807) is 24.3 Å². The van der Waals surface area contributed by atoms with E-state index < -0.39 is 47.5 Å². The molecule has 1 saturated carbocycles. The Morgan fingerprint density at radius 2 is 1.58 bits per heavy atom. The van der Waals surface area contributed by atoms with Gasteiger partial charge in [0.25, 0.3) is 0 Å². The van der Waals surface area contributed by atoms with E-state index in [0.29, 0.717) is 10.6 Å². The maximum Gasteiger partial charge on any atom is 0.234 e. The number of aliphatic hydroxyl groups excluding tert-OH is 1. The van der Waals surface area contributed by atoms with Crippen molar-refractivity contribution in [2.75, 3.05) is 0 Å². The van der Waals surface area contributed by atoms with E-state index in [1.165, 1.54) is 24.3 Å². The Labute approximate surface area is 164 Å². The molecular formula is C22H19ClO3. The van der Waals surface area contributed by atoms with Crippen LogP contribution in [-0.4, -0.2) is 16.7 Å². The quantitative estimate of drug-likeness (QED) is 0.724. The number of allylic oxidation sites excluding steroid dienone is 1. The molecule has 0 atom stereocenters. The van der Waals surface area contributed by atoms with Gasteiger partial charge in [-0.3, -0.25) is 9.59 Å². The van der Waals surface area contributed by atoms with Gasteiger partial charge >= 0.3 is 0 Å². The monoisotopic (exact) mass is 371 g/mol. The number of rotatable bonds is 2. The molecule has 0 unspecified atom stereocenters. The van der Waals surface area contributed by atoms with Crippen LogP contribution in [0.5, 0.6) is 0 Å². The Kier molecular flexibility index (Phi) is 3.13. The van der Waals surface area contributed by atoms with Gasteiger partial charge in [0, 0.05) is 28.6 Å². The Hall–Kier alpha value is -2.39. The largest absolute Gasteiger partial charge is 0.507 e. The minimum Gasteiger partial charge on any atom is -0.507 e. The zero-order chi connectivity index (χ0) is 22.8. The fraction of sp³-hybridized carbons (Fsp3) is 0.273. The molecule has 1 N–H and O–H groups in total. The molecule has 2 aliphatic rings. The summed E-state index contributed by atoms with van der Waals surface area (Å²) in [6, 6.07) is 12.4. The third kappa shape index (κ3) is 2.86. The van der Waals surface area contributed by atoms with Crippen LogP contribution >= 0.6 is 11.6 Å². The summed E-state index contributed by atoms with van der Waals surface area (Å²) in [7, 11) is 0. The number of aliphatic hydroxyl groups is 1. The zero-order valence-electron chi connectivity index (χ0n) is 18.8. The summed E-state index contributed by atoms with van der Waals surface area (Å²) < 4.78 is 43.4. The number of halogens is 1. The Morgan fingerprint density at radius 3 is 2.23 bits per heavy atom. The maximum absolute atomic E-state index is 12.9. The highest BCUT2D eigenvalue weighted by Crippen LogP contribution is 2.42. The lowest BCUT2D eigenvalue weighted by atomic mass is 9.72. The van der Waals surface area contributed by atoms with E-state index >= 15 is 0 Å². The van der Waals surface area contributed by atoms with Crippen molar-refractivity contribution in [2.45, 2.75) is 31.5 Å². The number of hydrogen-bond donors (Lipinski definition) is 1. The van der Waals surface area contributed by atoms with Crippen LogP contribution in [0.25, 0.3) is 5.76 Å². The number of fused-ring (bicyclic) bond motifs is 1. The summed E-state index contributed by atoms with van der Waals surface area (Å²) >= 11 is 5.92. The first-order valence-corrected chi connectivity index (χ1v) is 8.66. The number of carbonyl (C=O) groups excluding carboxylic acids is 2. The number of Topliss-reactive ketones (excluding diaryl/α,β-unsaturated/α-hetero) is 2. The van der Waals surface area contributed by atoms with Crippen molar-refractivity contribution in [1.29, 1.82) is 0 Å². The van der Waals surface area contributed by atoms with Crippen molar-refractivity contribution in [1.82, 2.24) is 0 Å². The minimum atomic E-state index is -2.78. The molecular weight excluding hydrogens is 348 g/mol. The van der Waals surface area contributed by atoms with E-state index in [1.807, 2.05) is 0 Å².